The minimum absolute atomic E-state index is 0.0361. The molecule has 2 heterocycles. The molecule has 1 saturated heterocycles. The quantitative estimate of drug-likeness (QED) is 0.267. The van der Waals surface area contributed by atoms with Crippen molar-refractivity contribution in [3.63, 3.8) is 0 Å². The Bertz CT molecular complexity index is 1300. The first-order valence-corrected chi connectivity index (χ1v) is 19.0. The molecular formula is C39H71N7O8. The molecule has 0 amide bonds. The van der Waals surface area contributed by atoms with Crippen LogP contribution in [0, 0.1) is 0 Å². The second kappa shape index (κ2) is 19.1. The van der Waals surface area contributed by atoms with E-state index in [1.807, 2.05) is 119 Å². The van der Waals surface area contributed by atoms with Crippen LogP contribution in [0.5, 0.6) is 11.8 Å². The average molecular weight is 766 g/mol. The van der Waals surface area contributed by atoms with Crippen LogP contribution in [-0.2, 0) is 35.1 Å². The van der Waals surface area contributed by atoms with Gasteiger partial charge in [-0.05, 0) is 104 Å². The summed E-state index contributed by atoms with van der Waals surface area (Å²) in [6.45, 7) is 32.6. The van der Waals surface area contributed by atoms with E-state index >= 15 is 0 Å². The fourth-order valence-corrected chi connectivity index (χ4v) is 5.45. The maximum Gasteiger partial charge on any atom is 0.320 e. The number of nitrogens with zero attached hydrogens (tertiary/aromatic N) is 6. The number of rotatable bonds is 10. The summed E-state index contributed by atoms with van der Waals surface area (Å²) in [7, 11) is 0. The number of nitrogens with two attached hydrogens (primary N) is 1. The van der Waals surface area contributed by atoms with Crippen LogP contribution in [0.4, 0.5) is 5.95 Å². The third-order valence-electron chi connectivity index (χ3n) is 7.38. The van der Waals surface area contributed by atoms with Gasteiger partial charge in [0.15, 0.2) is 0 Å². The number of esters is 3. The van der Waals surface area contributed by atoms with E-state index in [-0.39, 0.29) is 43.5 Å². The van der Waals surface area contributed by atoms with Gasteiger partial charge in [-0.1, -0.05) is 0 Å². The first-order valence-electron chi connectivity index (χ1n) is 19.0. The SMILES string of the molecule is CC(C)(C)OC(=O)CN1CCN(CC(=O)OC(C)(C)C)CCN(Cc2c(OC(C)(C)C)nc(N)nc2OC(C)(C)C)CCN(CC(=O)OC(C)(C)C)CC1. The Labute approximate surface area is 324 Å². The molecule has 0 aliphatic carbocycles. The lowest BCUT2D eigenvalue weighted by atomic mass is 10.1. The van der Waals surface area contributed by atoms with Crippen molar-refractivity contribution in [3.05, 3.63) is 5.56 Å². The van der Waals surface area contributed by atoms with Crippen LogP contribution in [0.15, 0.2) is 0 Å². The molecule has 0 atom stereocenters. The molecule has 1 fully saturated rings. The van der Waals surface area contributed by atoms with Gasteiger partial charge in [0.05, 0.1) is 25.2 Å². The van der Waals surface area contributed by atoms with Crippen molar-refractivity contribution in [2.75, 3.05) is 77.7 Å². The molecule has 0 aromatic carbocycles. The summed E-state index contributed by atoms with van der Waals surface area (Å²) < 4.78 is 29.8. The molecule has 15 nitrogen and oxygen atoms in total. The Balaban J connectivity index is 2.57. The van der Waals surface area contributed by atoms with Crippen LogP contribution in [-0.4, -0.2) is 147 Å². The third kappa shape index (κ3) is 20.4. The molecule has 15 heteroatoms. The van der Waals surface area contributed by atoms with E-state index in [2.05, 4.69) is 14.9 Å². The van der Waals surface area contributed by atoms with E-state index in [1.54, 1.807) is 0 Å². The fraction of sp³-hybridized carbons (Fsp3) is 0.821. The third-order valence-corrected chi connectivity index (χ3v) is 7.38. The van der Waals surface area contributed by atoms with Gasteiger partial charge in [-0.15, -0.1) is 0 Å². The number of hydrogen-bond acceptors (Lipinski definition) is 15. The highest BCUT2D eigenvalue weighted by Gasteiger charge is 2.29. The van der Waals surface area contributed by atoms with E-state index in [1.165, 1.54) is 0 Å². The number of hydrogen-bond donors (Lipinski definition) is 1. The zero-order chi connectivity index (χ0) is 41.3. The second-order valence-corrected chi connectivity index (χ2v) is 19.0. The van der Waals surface area contributed by atoms with Crippen LogP contribution in [0.25, 0.3) is 0 Å². The number of nitrogen functional groups attached to an aromatic ring is 1. The van der Waals surface area contributed by atoms with E-state index in [4.69, 9.17) is 29.4 Å². The number of ether oxygens (including phenoxy) is 5. The van der Waals surface area contributed by atoms with E-state index in [0.29, 0.717) is 76.2 Å². The molecule has 0 saturated carbocycles. The Morgan fingerprint density at radius 2 is 0.741 bits per heavy atom. The zero-order valence-corrected chi connectivity index (χ0v) is 36.0. The number of carbonyl (C=O) groups is 3. The molecule has 1 aromatic heterocycles. The molecule has 54 heavy (non-hydrogen) atoms. The fourth-order valence-electron chi connectivity index (χ4n) is 5.45. The topological polar surface area (TPSA) is 162 Å². The van der Waals surface area contributed by atoms with Gasteiger partial charge in [-0.25, -0.2) is 0 Å². The largest absolute Gasteiger partial charge is 0.471 e. The standard InChI is InChI=1S/C39H71N7O8/c1-35(2,3)50-29(47)25-44-18-16-43(24-28-32(53-38(10,11)12)41-34(40)42-33(28)54-39(13,14)15)17-19-45(26-30(48)51-36(4,5)6)21-23-46(22-20-44)27-31(49)52-37(7,8)9/h16-27H2,1-15H3,(H2,40,41,42). The lowest BCUT2D eigenvalue weighted by Gasteiger charge is -2.35. The lowest BCUT2D eigenvalue weighted by molar-refractivity contribution is -0.158. The zero-order valence-electron chi connectivity index (χ0n) is 36.0. The molecule has 310 valence electrons. The minimum Gasteiger partial charge on any atom is -0.471 e. The predicted molar refractivity (Wildman–Crippen MR) is 209 cm³/mol. The first kappa shape index (κ1) is 46.9. The Morgan fingerprint density at radius 3 is 0.981 bits per heavy atom. The van der Waals surface area contributed by atoms with Crippen molar-refractivity contribution >= 4 is 23.9 Å². The van der Waals surface area contributed by atoms with Crippen LogP contribution in [0.2, 0.25) is 0 Å². The summed E-state index contributed by atoms with van der Waals surface area (Å²) in [5.41, 5.74) is 3.72. The van der Waals surface area contributed by atoms with Crippen LogP contribution in [0.1, 0.15) is 109 Å². The monoisotopic (exact) mass is 766 g/mol. The molecule has 0 radical (unpaired) electrons. The summed E-state index contributed by atoms with van der Waals surface area (Å²) in [5.74, 6) is -0.322. The molecule has 0 spiro atoms. The van der Waals surface area contributed by atoms with Gasteiger partial charge in [0, 0.05) is 58.9 Å². The van der Waals surface area contributed by atoms with Gasteiger partial charge in [0.1, 0.15) is 28.0 Å². The molecular weight excluding hydrogens is 694 g/mol. The maximum atomic E-state index is 13.1. The van der Waals surface area contributed by atoms with E-state index < -0.39 is 28.0 Å². The molecule has 1 aliphatic rings. The lowest BCUT2D eigenvalue weighted by Crippen LogP contribution is -2.49. The van der Waals surface area contributed by atoms with Gasteiger partial charge in [0.25, 0.3) is 0 Å². The Kier molecular flexibility index (Phi) is 16.5. The number of anilines is 1. The molecule has 1 aliphatic heterocycles. The summed E-state index contributed by atoms with van der Waals surface area (Å²) in [5, 5.41) is 0. The summed E-state index contributed by atoms with van der Waals surface area (Å²) in [6.07, 6.45) is 0. The maximum absolute atomic E-state index is 13.1. The number of carbonyl (C=O) groups excluding carboxylic acids is 3. The molecule has 0 bridgehead atoms. The number of aromatic nitrogens is 2. The molecule has 1 aromatic rings. The highest BCUT2D eigenvalue weighted by molar-refractivity contribution is 5.73. The molecule has 0 unspecified atom stereocenters. The van der Waals surface area contributed by atoms with Gasteiger partial charge in [-0.3, -0.25) is 34.0 Å². The van der Waals surface area contributed by atoms with Crippen molar-refractivity contribution in [2.45, 2.75) is 138 Å². The van der Waals surface area contributed by atoms with Gasteiger partial charge in [0.2, 0.25) is 17.7 Å². The second-order valence-electron chi connectivity index (χ2n) is 19.0. The minimum atomic E-state index is -0.641. The first-order chi connectivity index (χ1) is 24.5. The van der Waals surface area contributed by atoms with Crippen molar-refractivity contribution in [3.8, 4) is 11.8 Å². The van der Waals surface area contributed by atoms with Crippen LogP contribution >= 0.6 is 0 Å². The average Bonchev–Trinajstić information content (AvgIpc) is 2.91. The van der Waals surface area contributed by atoms with Gasteiger partial charge < -0.3 is 29.4 Å². The van der Waals surface area contributed by atoms with Crippen LogP contribution < -0.4 is 15.2 Å². The molecule has 2 rings (SSSR count). The van der Waals surface area contributed by atoms with Crippen molar-refractivity contribution in [2.24, 2.45) is 0 Å². The molecule has 2 N–H and O–H groups in total. The Morgan fingerprint density at radius 1 is 0.481 bits per heavy atom. The van der Waals surface area contributed by atoms with Crippen molar-refractivity contribution in [1.82, 2.24) is 29.6 Å². The summed E-state index contributed by atoms with van der Waals surface area (Å²) in [6, 6.07) is 0. The highest BCUT2D eigenvalue weighted by atomic mass is 16.6. The Hall–Kier alpha value is -3.27. The summed E-state index contributed by atoms with van der Waals surface area (Å²) >= 11 is 0. The normalized spacial score (nSPS) is 17.2. The van der Waals surface area contributed by atoms with E-state index in [0.717, 1.165) is 0 Å². The smallest absolute Gasteiger partial charge is 0.320 e. The predicted octanol–water partition coefficient (Wildman–Crippen LogP) is 4.16. The van der Waals surface area contributed by atoms with Gasteiger partial charge >= 0.3 is 17.9 Å². The van der Waals surface area contributed by atoms with Crippen molar-refractivity contribution < 1.29 is 38.1 Å². The van der Waals surface area contributed by atoms with Crippen molar-refractivity contribution in [1.29, 1.82) is 0 Å². The van der Waals surface area contributed by atoms with E-state index in [9.17, 15) is 14.4 Å². The van der Waals surface area contributed by atoms with Gasteiger partial charge in [-0.2, -0.15) is 9.97 Å². The highest BCUT2D eigenvalue weighted by Crippen LogP contribution is 2.32. The summed E-state index contributed by atoms with van der Waals surface area (Å²) in [4.78, 5) is 56.6. The van der Waals surface area contributed by atoms with Crippen LogP contribution in [0.3, 0.4) is 0 Å².